The molecule has 0 aliphatic carbocycles. The summed E-state index contributed by atoms with van der Waals surface area (Å²) in [5.74, 6) is 0.917. The zero-order valence-corrected chi connectivity index (χ0v) is 20.8. The summed E-state index contributed by atoms with van der Waals surface area (Å²) in [5.41, 5.74) is 6.60. The van der Waals surface area contributed by atoms with Gasteiger partial charge in [-0.15, -0.1) is 0 Å². The monoisotopic (exact) mass is 481 g/mol. The molecule has 0 spiro atoms. The van der Waals surface area contributed by atoms with E-state index in [0.29, 0.717) is 25.1 Å². The molecule has 1 aromatic heterocycles. The molecule has 6 nitrogen and oxygen atoms in total. The summed E-state index contributed by atoms with van der Waals surface area (Å²) in [5, 5.41) is 10.8. The molecule has 1 saturated heterocycles. The highest BCUT2D eigenvalue weighted by molar-refractivity contribution is 5.94. The van der Waals surface area contributed by atoms with Crippen molar-refractivity contribution in [2.24, 2.45) is 0 Å². The first kappa shape index (κ1) is 23.8. The van der Waals surface area contributed by atoms with Crippen LogP contribution in [0.3, 0.4) is 0 Å². The maximum absolute atomic E-state index is 13.4. The fourth-order valence-electron chi connectivity index (χ4n) is 5.05. The Bertz CT molecular complexity index is 1390. The second kappa shape index (κ2) is 10.4. The lowest BCUT2D eigenvalue weighted by molar-refractivity contribution is 0.0746. The lowest BCUT2D eigenvalue weighted by Crippen LogP contribution is -2.48. The lowest BCUT2D eigenvalue weighted by atomic mass is 9.98. The highest BCUT2D eigenvalue weighted by Gasteiger charge is 2.24. The molecule has 0 atom stereocenters. The van der Waals surface area contributed by atoms with Crippen molar-refractivity contribution in [2.75, 3.05) is 38.2 Å². The number of amides is 1. The number of aromatic nitrogens is 1. The highest BCUT2D eigenvalue weighted by Crippen LogP contribution is 2.29. The molecular weight excluding hydrogens is 450 g/mol. The third-order valence-electron chi connectivity index (χ3n) is 6.87. The zero-order valence-electron chi connectivity index (χ0n) is 20.8. The molecule has 3 aromatic carbocycles. The first-order chi connectivity index (χ1) is 17.6. The van der Waals surface area contributed by atoms with Gasteiger partial charge >= 0.3 is 0 Å². The number of benzene rings is 3. The molecule has 0 bridgehead atoms. The number of ether oxygens (including phenoxy) is 1. The molecule has 184 valence electrons. The summed E-state index contributed by atoms with van der Waals surface area (Å²) in [6.07, 6.45) is 0.668. The number of carbonyl (C=O) groups excluding carboxylic acids is 1. The van der Waals surface area contributed by atoms with Crippen LogP contribution in [0.4, 0.5) is 5.69 Å². The molecule has 1 amide bonds. The van der Waals surface area contributed by atoms with Gasteiger partial charge in [0.2, 0.25) is 0 Å². The Labute approximate surface area is 211 Å². The van der Waals surface area contributed by atoms with Gasteiger partial charge in [-0.2, -0.15) is 0 Å². The Morgan fingerprint density at radius 2 is 1.72 bits per heavy atom. The zero-order chi connectivity index (χ0) is 25.1. The normalized spacial score (nSPS) is 13.8. The molecule has 0 unspecified atom stereocenters. The molecule has 1 N–H and O–H groups in total. The van der Waals surface area contributed by atoms with E-state index in [1.807, 2.05) is 66.4 Å². The van der Waals surface area contributed by atoms with Crippen LogP contribution < -0.4 is 9.64 Å². The van der Waals surface area contributed by atoms with Gasteiger partial charge in [-0.05, 0) is 60.4 Å². The number of aliphatic hydroxyl groups is 1. The lowest BCUT2D eigenvalue weighted by Gasteiger charge is -2.36. The van der Waals surface area contributed by atoms with Gasteiger partial charge in [-0.1, -0.05) is 42.5 Å². The topological polar surface area (TPSA) is 65.9 Å². The number of aryl methyl sites for hydroxylation is 1. The van der Waals surface area contributed by atoms with Crippen molar-refractivity contribution in [3.8, 4) is 5.75 Å². The minimum Gasteiger partial charge on any atom is -0.495 e. The predicted octanol–water partition coefficient (Wildman–Crippen LogP) is 4.60. The van der Waals surface area contributed by atoms with Crippen LogP contribution in [0.1, 0.15) is 32.7 Å². The van der Waals surface area contributed by atoms with E-state index < -0.39 is 0 Å². The third kappa shape index (κ3) is 4.77. The van der Waals surface area contributed by atoms with Crippen LogP contribution >= 0.6 is 0 Å². The van der Waals surface area contributed by atoms with Crippen molar-refractivity contribution < 1.29 is 14.6 Å². The van der Waals surface area contributed by atoms with Crippen LogP contribution in [0.5, 0.6) is 5.75 Å². The number of methoxy groups -OCH3 is 1. The largest absolute Gasteiger partial charge is 0.495 e. The Kier molecular flexibility index (Phi) is 6.87. The maximum Gasteiger partial charge on any atom is 0.253 e. The number of piperazine rings is 1. The predicted molar refractivity (Wildman–Crippen MR) is 143 cm³/mol. The van der Waals surface area contributed by atoms with E-state index in [-0.39, 0.29) is 12.5 Å². The minimum absolute atomic E-state index is 0.0163. The number of hydrogen-bond donors (Lipinski definition) is 1. The number of aliphatic hydroxyl groups excluding tert-OH is 1. The number of pyridine rings is 1. The Morgan fingerprint density at radius 3 is 2.50 bits per heavy atom. The molecule has 0 saturated carbocycles. The number of anilines is 1. The number of fused-ring (bicyclic) bond motifs is 1. The first-order valence-electron chi connectivity index (χ1n) is 12.3. The van der Waals surface area contributed by atoms with Crippen LogP contribution in [0.2, 0.25) is 0 Å². The molecular formula is C30H31N3O3. The SMILES string of the molecule is COc1ccccc1N1CCN(C(=O)c2cccc(Cc3cccc4c(CO)cc(C)nc34)c2)CC1. The van der Waals surface area contributed by atoms with Gasteiger partial charge < -0.3 is 19.6 Å². The van der Waals surface area contributed by atoms with E-state index in [0.717, 1.165) is 57.8 Å². The second-order valence-corrected chi connectivity index (χ2v) is 9.22. The van der Waals surface area contributed by atoms with Crippen molar-refractivity contribution >= 4 is 22.5 Å². The van der Waals surface area contributed by atoms with Gasteiger partial charge in [0.1, 0.15) is 5.75 Å². The first-order valence-corrected chi connectivity index (χ1v) is 12.3. The average Bonchev–Trinajstić information content (AvgIpc) is 2.93. The van der Waals surface area contributed by atoms with Crippen molar-refractivity contribution in [3.05, 3.63) is 101 Å². The number of rotatable bonds is 6. The fraction of sp³-hybridized carbons (Fsp3) is 0.267. The van der Waals surface area contributed by atoms with E-state index in [4.69, 9.17) is 9.72 Å². The van der Waals surface area contributed by atoms with Gasteiger partial charge in [0, 0.05) is 42.8 Å². The van der Waals surface area contributed by atoms with Crippen LogP contribution in [-0.4, -0.2) is 54.2 Å². The van der Waals surface area contributed by atoms with E-state index in [9.17, 15) is 9.90 Å². The van der Waals surface area contributed by atoms with Crippen LogP contribution in [0.25, 0.3) is 10.9 Å². The summed E-state index contributed by atoms with van der Waals surface area (Å²) in [6, 6.07) is 23.9. The van der Waals surface area contributed by atoms with Crippen LogP contribution in [0.15, 0.2) is 72.8 Å². The van der Waals surface area contributed by atoms with E-state index >= 15 is 0 Å². The molecule has 1 fully saturated rings. The quantitative estimate of drug-likeness (QED) is 0.436. The highest BCUT2D eigenvalue weighted by atomic mass is 16.5. The fourth-order valence-corrected chi connectivity index (χ4v) is 5.05. The van der Waals surface area contributed by atoms with Crippen molar-refractivity contribution in [3.63, 3.8) is 0 Å². The molecule has 1 aliphatic rings. The molecule has 36 heavy (non-hydrogen) atoms. The average molecular weight is 482 g/mol. The molecule has 2 heterocycles. The van der Waals surface area contributed by atoms with E-state index in [1.165, 1.54) is 0 Å². The summed E-state index contributed by atoms with van der Waals surface area (Å²) in [7, 11) is 1.69. The Hall–Kier alpha value is -3.90. The molecule has 5 rings (SSSR count). The Morgan fingerprint density at radius 1 is 0.944 bits per heavy atom. The summed E-state index contributed by atoms with van der Waals surface area (Å²) in [4.78, 5) is 22.3. The number of carbonyl (C=O) groups is 1. The van der Waals surface area contributed by atoms with Crippen molar-refractivity contribution in [1.82, 2.24) is 9.88 Å². The molecule has 6 heteroatoms. The third-order valence-corrected chi connectivity index (χ3v) is 6.87. The van der Waals surface area contributed by atoms with E-state index in [2.05, 4.69) is 23.1 Å². The summed E-state index contributed by atoms with van der Waals surface area (Å²) in [6.45, 7) is 4.79. The number of hydrogen-bond acceptors (Lipinski definition) is 5. The minimum atomic E-state index is -0.0163. The molecule has 1 aliphatic heterocycles. The Balaban J connectivity index is 1.32. The van der Waals surface area contributed by atoms with Crippen molar-refractivity contribution in [1.29, 1.82) is 0 Å². The van der Waals surface area contributed by atoms with Gasteiger partial charge in [0.05, 0.1) is 24.9 Å². The second-order valence-electron chi connectivity index (χ2n) is 9.22. The summed E-state index contributed by atoms with van der Waals surface area (Å²) < 4.78 is 5.51. The molecule has 4 aromatic rings. The van der Waals surface area contributed by atoms with Gasteiger partial charge in [0.25, 0.3) is 5.91 Å². The van der Waals surface area contributed by atoms with Gasteiger partial charge in [0.15, 0.2) is 0 Å². The maximum atomic E-state index is 13.4. The van der Waals surface area contributed by atoms with Gasteiger partial charge in [-0.3, -0.25) is 9.78 Å². The number of nitrogens with zero attached hydrogens (tertiary/aromatic N) is 3. The molecule has 0 radical (unpaired) electrons. The standard InChI is InChI=1S/C30H31N3O3/c1-21-17-25(20-34)26-10-6-8-23(29(26)31-21)18-22-7-5-9-24(19-22)30(35)33-15-13-32(14-16-33)27-11-3-4-12-28(27)36-2/h3-12,17,19,34H,13-16,18,20H2,1-2H3. The van der Waals surface area contributed by atoms with Crippen LogP contribution in [-0.2, 0) is 13.0 Å². The smallest absolute Gasteiger partial charge is 0.253 e. The number of para-hydroxylation sites is 3. The van der Waals surface area contributed by atoms with Crippen LogP contribution in [0, 0.1) is 6.92 Å². The summed E-state index contributed by atoms with van der Waals surface area (Å²) >= 11 is 0. The van der Waals surface area contributed by atoms with Crippen molar-refractivity contribution in [2.45, 2.75) is 20.0 Å². The van der Waals surface area contributed by atoms with E-state index in [1.54, 1.807) is 7.11 Å². The van der Waals surface area contributed by atoms with Gasteiger partial charge in [-0.25, -0.2) is 0 Å².